The number of nitrogens with zero attached hydrogens (tertiary/aromatic N) is 2. The number of hydrogen-bond donors (Lipinski definition) is 1. The number of anilines is 1. The molecule has 35 heavy (non-hydrogen) atoms. The van der Waals surface area contributed by atoms with Gasteiger partial charge in [0.2, 0.25) is 5.91 Å². The van der Waals surface area contributed by atoms with E-state index >= 15 is 0 Å². The molecule has 1 N–H and O–H groups in total. The second-order valence-corrected chi connectivity index (χ2v) is 8.93. The Morgan fingerprint density at radius 1 is 1.03 bits per heavy atom. The molecule has 0 aliphatic heterocycles. The Morgan fingerprint density at radius 2 is 1.80 bits per heavy atom. The highest BCUT2D eigenvalue weighted by Gasteiger charge is 2.13. The fourth-order valence-corrected chi connectivity index (χ4v) is 4.42. The normalized spacial score (nSPS) is 11.1. The fraction of sp³-hybridized carbons (Fsp3) is 0.143. The van der Waals surface area contributed by atoms with Crippen LogP contribution in [0.5, 0.6) is 0 Å². The van der Waals surface area contributed by atoms with Gasteiger partial charge in [0.05, 0.1) is 16.7 Å². The van der Waals surface area contributed by atoms with E-state index in [1.807, 2.05) is 50.2 Å². The van der Waals surface area contributed by atoms with Crippen LogP contribution in [0.15, 0.2) is 88.8 Å². The number of ketones is 1. The molecular weight excluding hydrogens is 458 g/mol. The van der Waals surface area contributed by atoms with Crippen LogP contribution in [-0.4, -0.2) is 27.0 Å². The topological polar surface area (TPSA) is 81.1 Å². The molecule has 176 valence electrons. The van der Waals surface area contributed by atoms with Gasteiger partial charge in [0.1, 0.15) is 0 Å². The van der Waals surface area contributed by atoms with Crippen LogP contribution in [-0.2, 0) is 11.3 Å². The predicted octanol–water partition coefficient (Wildman–Crippen LogP) is 5.35. The lowest BCUT2D eigenvalue weighted by Gasteiger charge is -2.11. The SMILES string of the molecule is CCn1c(SCC(=O)Nc2cccc(C(=O)/C=C/c3ccc(C)cc3)c2)nc2ccccc2c1=O. The number of hydrogen-bond acceptors (Lipinski definition) is 5. The maximum absolute atomic E-state index is 12.7. The molecule has 7 heteroatoms. The van der Waals surface area contributed by atoms with Crippen molar-refractivity contribution in [2.24, 2.45) is 0 Å². The number of fused-ring (bicyclic) bond motifs is 1. The quantitative estimate of drug-likeness (QED) is 0.158. The zero-order chi connectivity index (χ0) is 24.8. The second kappa shape index (κ2) is 11.0. The molecule has 0 aliphatic carbocycles. The number of para-hydroxylation sites is 1. The molecule has 0 saturated heterocycles. The summed E-state index contributed by atoms with van der Waals surface area (Å²) in [6.07, 6.45) is 3.30. The molecule has 0 fully saturated rings. The summed E-state index contributed by atoms with van der Waals surface area (Å²) in [7, 11) is 0. The Kier molecular flexibility index (Phi) is 7.57. The minimum absolute atomic E-state index is 0.0796. The van der Waals surface area contributed by atoms with Crippen LogP contribution in [0.1, 0.15) is 28.4 Å². The summed E-state index contributed by atoms with van der Waals surface area (Å²) < 4.78 is 1.57. The maximum Gasteiger partial charge on any atom is 0.262 e. The second-order valence-electron chi connectivity index (χ2n) is 7.99. The highest BCUT2D eigenvalue weighted by molar-refractivity contribution is 7.99. The van der Waals surface area contributed by atoms with Gasteiger partial charge < -0.3 is 5.32 Å². The minimum atomic E-state index is -0.250. The van der Waals surface area contributed by atoms with Gasteiger partial charge in [-0.1, -0.05) is 71.9 Å². The van der Waals surface area contributed by atoms with E-state index in [1.165, 1.54) is 17.8 Å². The average Bonchev–Trinajstić information content (AvgIpc) is 2.87. The van der Waals surface area contributed by atoms with Gasteiger partial charge in [-0.25, -0.2) is 4.98 Å². The molecule has 0 aliphatic rings. The highest BCUT2D eigenvalue weighted by Crippen LogP contribution is 2.19. The average molecular weight is 484 g/mol. The monoisotopic (exact) mass is 483 g/mol. The third-order valence-corrected chi connectivity index (χ3v) is 6.39. The van der Waals surface area contributed by atoms with Gasteiger partial charge in [-0.2, -0.15) is 0 Å². The lowest BCUT2D eigenvalue weighted by Crippen LogP contribution is -2.23. The molecule has 4 rings (SSSR count). The lowest BCUT2D eigenvalue weighted by atomic mass is 10.1. The fourth-order valence-electron chi connectivity index (χ4n) is 3.56. The molecule has 0 spiro atoms. The zero-order valence-corrected chi connectivity index (χ0v) is 20.3. The van der Waals surface area contributed by atoms with Gasteiger partial charge in [-0.3, -0.25) is 19.0 Å². The van der Waals surface area contributed by atoms with E-state index in [-0.39, 0.29) is 23.0 Å². The molecule has 4 aromatic rings. The van der Waals surface area contributed by atoms with Crippen LogP contribution in [0, 0.1) is 6.92 Å². The molecular formula is C28H25N3O3S. The number of carbonyl (C=O) groups excluding carboxylic acids is 2. The van der Waals surface area contributed by atoms with E-state index in [2.05, 4.69) is 10.3 Å². The molecule has 1 heterocycles. The number of nitrogens with one attached hydrogen (secondary N) is 1. The Bertz CT molecular complexity index is 1470. The summed E-state index contributed by atoms with van der Waals surface area (Å²) in [4.78, 5) is 42.5. The van der Waals surface area contributed by atoms with Crippen LogP contribution < -0.4 is 10.9 Å². The van der Waals surface area contributed by atoms with Gasteiger partial charge in [-0.15, -0.1) is 0 Å². The first-order valence-electron chi connectivity index (χ1n) is 11.3. The van der Waals surface area contributed by atoms with Crippen LogP contribution in [0.25, 0.3) is 17.0 Å². The van der Waals surface area contributed by atoms with Crippen LogP contribution in [0.3, 0.4) is 0 Å². The first kappa shape index (κ1) is 24.2. The van der Waals surface area contributed by atoms with Gasteiger partial charge in [-0.05, 0) is 49.8 Å². The third kappa shape index (κ3) is 5.94. The van der Waals surface area contributed by atoms with E-state index in [9.17, 15) is 14.4 Å². The summed E-state index contributed by atoms with van der Waals surface area (Å²) in [6, 6.07) is 21.9. The number of benzene rings is 3. The van der Waals surface area contributed by atoms with Crippen LogP contribution >= 0.6 is 11.8 Å². The Morgan fingerprint density at radius 3 is 2.57 bits per heavy atom. The van der Waals surface area contributed by atoms with Crippen molar-refractivity contribution in [2.75, 3.05) is 11.1 Å². The number of allylic oxidation sites excluding steroid dienone is 1. The molecule has 0 atom stereocenters. The van der Waals surface area contributed by atoms with Gasteiger partial charge in [0.15, 0.2) is 10.9 Å². The molecule has 1 aromatic heterocycles. The minimum Gasteiger partial charge on any atom is -0.325 e. The van der Waals surface area contributed by atoms with Crippen LogP contribution in [0.4, 0.5) is 5.69 Å². The van der Waals surface area contributed by atoms with Crippen molar-refractivity contribution >= 4 is 46.1 Å². The Hall–Kier alpha value is -3.97. The van der Waals surface area contributed by atoms with Crippen LogP contribution in [0.2, 0.25) is 0 Å². The number of amides is 1. The van der Waals surface area contributed by atoms with Gasteiger partial charge >= 0.3 is 0 Å². The first-order chi connectivity index (χ1) is 16.9. The summed E-state index contributed by atoms with van der Waals surface area (Å²) in [5, 5.41) is 3.88. The maximum atomic E-state index is 12.7. The van der Waals surface area contributed by atoms with Crippen molar-refractivity contribution in [3.8, 4) is 0 Å². The van der Waals surface area contributed by atoms with Crippen molar-refractivity contribution in [3.05, 3.63) is 106 Å². The Balaban J connectivity index is 1.42. The molecule has 0 bridgehead atoms. The summed E-state index contributed by atoms with van der Waals surface area (Å²) in [5.41, 5.74) is 3.60. The van der Waals surface area contributed by atoms with E-state index in [4.69, 9.17) is 0 Å². The van der Waals surface area contributed by atoms with E-state index < -0.39 is 0 Å². The van der Waals surface area contributed by atoms with Gasteiger partial charge in [0, 0.05) is 17.8 Å². The molecule has 3 aromatic carbocycles. The third-order valence-electron chi connectivity index (χ3n) is 5.41. The summed E-state index contributed by atoms with van der Waals surface area (Å²) in [6.45, 7) is 4.34. The Labute approximate surface area is 207 Å². The number of aryl methyl sites for hydroxylation is 1. The number of aromatic nitrogens is 2. The van der Waals surface area contributed by atoms with Crippen molar-refractivity contribution in [2.45, 2.75) is 25.5 Å². The van der Waals surface area contributed by atoms with Gasteiger partial charge in [0.25, 0.3) is 5.56 Å². The molecule has 0 saturated carbocycles. The van der Waals surface area contributed by atoms with E-state index in [0.717, 1.165) is 11.1 Å². The standard InChI is InChI=1S/C28H25N3O3S/c1-3-31-27(34)23-9-4-5-10-24(23)30-28(31)35-18-26(33)29-22-8-6-7-21(17-22)25(32)16-15-20-13-11-19(2)12-14-20/h4-17H,3,18H2,1-2H3,(H,29,33)/b16-15+. The largest absolute Gasteiger partial charge is 0.325 e. The predicted molar refractivity (Wildman–Crippen MR) is 142 cm³/mol. The molecule has 0 unspecified atom stereocenters. The highest BCUT2D eigenvalue weighted by atomic mass is 32.2. The number of carbonyl (C=O) groups is 2. The zero-order valence-electron chi connectivity index (χ0n) is 19.5. The first-order valence-corrected chi connectivity index (χ1v) is 12.2. The summed E-state index contributed by atoms with van der Waals surface area (Å²) in [5.74, 6) is -0.320. The van der Waals surface area contributed by atoms with E-state index in [1.54, 1.807) is 47.0 Å². The van der Waals surface area contributed by atoms with Crippen molar-refractivity contribution < 1.29 is 9.59 Å². The summed E-state index contributed by atoms with van der Waals surface area (Å²) >= 11 is 1.21. The molecule has 0 radical (unpaired) electrons. The van der Waals surface area contributed by atoms with Crippen molar-refractivity contribution in [1.29, 1.82) is 0 Å². The number of thioether (sulfide) groups is 1. The lowest BCUT2D eigenvalue weighted by molar-refractivity contribution is -0.113. The molecule has 6 nitrogen and oxygen atoms in total. The van der Waals surface area contributed by atoms with Crippen molar-refractivity contribution in [3.63, 3.8) is 0 Å². The smallest absolute Gasteiger partial charge is 0.262 e. The van der Waals surface area contributed by atoms with Crippen molar-refractivity contribution in [1.82, 2.24) is 9.55 Å². The van der Waals surface area contributed by atoms with E-state index in [0.29, 0.717) is 33.9 Å². The number of rotatable bonds is 8. The molecule has 1 amide bonds.